The van der Waals surface area contributed by atoms with Crippen molar-refractivity contribution in [1.29, 1.82) is 0 Å². The lowest BCUT2D eigenvalue weighted by molar-refractivity contribution is 0.202. The second-order valence-corrected chi connectivity index (χ2v) is 6.98. The molecule has 2 unspecified atom stereocenters. The molecule has 4 heterocycles. The molecule has 0 bridgehead atoms. The topological polar surface area (TPSA) is 53.4 Å². The van der Waals surface area contributed by atoms with Crippen molar-refractivity contribution in [3.05, 3.63) is 28.1 Å². The van der Waals surface area contributed by atoms with E-state index in [0.717, 1.165) is 18.8 Å². The Morgan fingerprint density at radius 2 is 2.08 bits per heavy atom. The van der Waals surface area contributed by atoms with Gasteiger partial charge in [0.05, 0.1) is 22.9 Å². The van der Waals surface area contributed by atoms with Crippen LogP contribution in [0, 0.1) is 12.7 Å². The number of likely N-dealkylation sites (N-methyl/N-ethyl adjacent to an activating group) is 1. The van der Waals surface area contributed by atoms with E-state index in [2.05, 4.69) is 34.1 Å². The summed E-state index contributed by atoms with van der Waals surface area (Å²) in [6, 6.07) is 0.632. The molecule has 0 spiro atoms. The summed E-state index contributed by atoms with van der Waals surface area (Å²) < 4.78 is 16.1. The molecule has 1 fully saturated rings. The number of hydrogen-bond acceptors (Lipinski definition) is 5. The maximum absolute atomic E-state index is 14.7. The molecule has 0 saturated carbocycles. The quantitative estimate of drug-likeness (QED) is 0.789. The summed E-state index contributed by atoms with van der Waals surface area (Å²) in [4.78, 5) is 21.6. The van der Waals surface area contributed by atoms with Gasteiger partial charge in [-0.25, -0.2) is 4.39 Å². The van der Waals surface area contributed by atoms with Crippen LogP contribution in [0.15, 0.2) is 11.0 Å². The number of aromatic nitrogens is 2. The molecule has 2 aromatic rings. The van der Waals surface area contributed by atoms with Gasteiger partial charge in [-0.05, 0) is 20.9 Å². The van der Waals surface area contributed by atoms with E-state index >= 15 is 0 Å². The first kappa shape index (κ1) is 15.4. The molecular weight excluding hydrogens is 309 g/mol. The Morgan fingerprint density at radius 3 is 2.83 bits per heavy atom. The fraction of sp³-hybridized carbons (Fsp3) is 0.529. The average molecular weight is 331 g/mol. The maximum atomic E-state index is 14.7. The van der Waals surface area contributed by atoms with Gasteiger partial charge >= 0.3 is 0 Å². The lowest BCUT2D eigenvalue weighted by atomic mass is 10.0. The number of rotatable bonds is 0. The first-order valence-corrected chi connectivity index (χ1v) is 8.28. The van der Waals surface area contributed by atoms with E-state index in [1.807, 2.05) is 0 Å². The van der Waals surface area contributed by atoms with Gasteiger partial charge in [0.15, 0.2) is 5.82 Å². The number of aryl methyl sites for hydroxylation is 2. The van der Waals surface area contributed by atoms with Gasteiger partial charge in [-0.3, -0.25) is 14.7 Å². The van der Waals surface area contributed by atoms with Crippen molar-refractivity contribution in [2.24, 2.45) is 7.05 Å². The van der Waals surface area contributed by atoms with Gasteiger partial charge in [0.25, 0.3) is 5.56 Å². The number of nitrogens with zero attached hydrogens (tertiary/aromatic N) is 4. The molecule has 0 aliphatic carbocycles. The number of hydrogen-bond donors (Lipinski definition) is 1. The molecule has 2 aliphatic heterocycles. The standard InChI is InChI=1S/C17H22FN5O/c1-9-7-23-11(8-21(9)3)5-20-14-16(23)12-6-19-10(2)13(18)15(12)22(4)17(14)24/h6,9,11,20H,5,7-8H2,1-4H3. The highest BCUT2D eigenvalue weighted by atomic mass is 19.1. The monoisotopic (exact) mass is 331 g/mol. The molecule has 7 heteroatoms. The molecule has 0 aromatic carbocycles. The number of piperazine rings is 1. The normalized spacial score (nSPS) is 23.8. The third-order valence-electron chi connectivity index (χ3n) is 5.47. The summed E-state index contributed by atoms with van der Waals surface area (Å²) in [6.07, 6.45) is 1.69. The first-order valence-electron chi connectivity index (χ1n) is 8.28. The Balaban J connectivity index is 2.03. The minimum Gasteiger partial charge on any atom is -0.377 e. The molecule has 1 saturated heterocycles. The molecule has 24 heavy (non-hydrogen) atoms. The molecule has 2 aliphatic rings. The van der Waals surface area contributed by atoms with E-state index in [1.54, 1.807) is 20.2 Å². The SMILES string of the molecule is Cc1ncc2c3c(c(=O)n(C)c2c1F)NCC1CN(C)C(C)CN31. The van der Waals surface area contributed by atoms with Gasteiger partial charge in [-0.2, -0.15) is 0 Å². The fourth-order valence-electron chi connectivity index (χ4n) is 3.89. The van der Waals surface area contributed by atoms with Crippen LogP contribution >= 0.6 is 0 Å². The Labute approximate surface area is 139 Å². The first-order chi connectivity index (χ1) is 11.4. The third kappa shape index (κ3) is 1.97. The van der Waals surface area contributed by atoms with Gasteiger partial charge in [0, 0.05) is 44.3 Å². The molecule has 0 radical (unpaired) electrons. The predicted molar refractivity (Wildman–Crippen MR) is 93.4 cm³/mol. The third-order valence-corrected chi connectivity index (χ3v) is 5.47. The summed E-state index contributed by atoms with van der Waals surface area (Å²) >= 11 is 0. The summed E-state index contributed by atoms with van der Waals surface area (Å²) in [6.45, 7) is 6.23. The Bertz CT molecular complexity index is 893. The van der Waals surface area contributed by atoms with Crippen molar-refractivity contribution in [3.63, 3.8) is 0 Å². The fourth-order valence-corrected chi connectivity index (χ4v) is 3.89. The zero-order valence-electron chi connectivity index (χ0n) is 14.4. The van der Waals surface area contributed by atoms with Crippen molar-refractivity contribution in [1.82, 2.24) is 14.5 Å². The van der Waals surface area contributed by atoms with Crippen LogP contribution < -0.4 is 15.8 Å². The van der Waals surface area contributed by atoms with Crippen LogP contribution in [0.4, 0.5) is 15.8 Å². The second-order valence-electron chi connectivity index (χ2n) is 6.98. The molecule has 4 rings (SSSR count). The zero-order chi connectivity index (χ0) is 17.2. The van der Waals surface area contributed by atoms with Crippen LogP contribution in [-0.2, 0) is 7.05 Å². The van der Waals surface area contributed by atoms with E-state index in [0.29, 0.717) is 34.9 Å². The number of halogens is 1. The van der Waals surface area contributed by atoms with Crippen LogP contribution in [-0.4, -0.2) is 53.2 Å². The van der Waals surface area contributed by atoms with Crippen LogP contribution in [0.3, 0.4) is 0 Å². The number of fused-ring (bicyclic) bond motifs is 5. The van der Waals surface area contributed by atoms with E-state index in [4.69, 9.17) is 0 Å². The van der Waals surface area contributed by atoms with Crippen LogP contribution in [0.2, 0.25) is 0 Å². The molecule has 2 aromatic heterocycles. The second kappa shape index (κ2) is 5.17. The van der Waals surface area contributed by atoms with E-state index in [1.165, 1.54) is 4.57 Å². The minimum atomic E-state index is -0.417. The zero-order valence-corrected chi connectivity index (χ0v) is 14.4. The summed E-state index contributed by atoms with van der Waals surface area (Å²) in [7, 11) is 3.73. The molecule has 1 N–H and O–H groups in total. The number of anilines is 2. The van der Waals surface area contributed by atoms with E-state index in [-0.39, 0.29) is 11.6 Å². The van der Waals surface area contributed by atoms with E-state index in [9.17, 15) is 9.18 Å². The number of nitrogens with one attached hydrogen (secondary N) is 1. The maximum Gasteiger partial charge on any atom is 0.276 e. The lowest BCUT2D eigenvalue weighted by Gasteiger charge is -2.48. The van der Waals surface area contributed by atoms with Gasteiger partial charge in [-0.15, -0.1) is 0 Å². The Kier molecular flexibility index (Phi) is 3.32. The largest absolute Gasteiger partial charge is 0.377 e. The van der Waals surface area contributed by atoms with Crippen molar-refractivity contribution in [2.75, 3.05) is 36.9 Å². The van der Waals surface area contributed by atoms with Crippen molar-refractivity contribution in [3.8, 4) is 0 Å². The Morgan fingerprint density at radius 1 is 1.33 bits per heavy atom. The van der Waals surface area contributed by atoms with Gasteiger partial charge in [-0.1, -0.05) is 0 Å². The Hall–Kier alpha value is -2.15. The lowest BCUT2D eigenvalue weighted by Crippen LogP contribution is -2.60. The highest BCUT2D eigenvalue weighted by molar-refractivity contribution is 5.99. The average Bonchev–Trinajstić information content (AvgIpc) is 2.55. The molecule has 128 valence electrons. The summed E-state index contributed by atoms with van der Waals surface area (Å²) in [5, 5.41) is 3.98. The van der Waals surface area contributed by atoms with Crippen LogP contribution in [0.1, 0.15) is 12.6 Å². The predicted octanol–water partition coefficient (Wildman–Crippen LogP) is 1.32. The number of pyridine rings is 2. The van der Waals surface area contributed by atoms with Crippen molar-refractivity contribution in [2.45, 2.75) is 25.9 Å². The van der Waals surface area contributed by atoms with E-state index < -0.39 is 5.82 Å². The minimum absolute atomic E-state index is 0.188. The summed E-state index contributed by atoms with van der Waals surface area (Å²) in [5.41, 5.74) is 1.82. The van der Waals surface area contributed by atoms with Crippen LogP contribution in [0.25, 0.3) is 10.9 Å². The highest BCUT2D eigenvalue weighted by Gasteiger charge is 2.36. The molecule has 0 amide bonds. The van der Waals surface area contributed by atoms with Gasteiger partial charge < -0.3 is 14.8 Å². The molecular formula is C17H22FN5O. The van der Waals surface area contributed by atoms with Crippen molar-refractivity contribution < 1.29 is 4.39 Å². The molecule has 6 nitrogen and oxygen atoms in total. The smallest absolute Gasteiger partial charge is 0.276 e. The highest BCUT2D eigenvalue weighted by Crippen LogP contribution is 2.38. The van der Waals surface area contributed by atoms with Crippen molar-refractivity contribution >= 4 is 22.3 Å². The van der Waals surface area contributed by atoms with Crippen LogP contribution in [0.5, 0.6) is 0 Å². The van der Waals surface area contributed by atoms with Gasteiger partial charge in [0.1, 0.15) is 5.69 Å². The van der Waals surface area contributed by atoms with Gasteiger partial charge in [0.2, 0.25) is 0 Å². The molecule has 2 atom stereocenters. The summed E-state index contributed by atoms with van der Waals surface area (Å²) in [5.74, 6) is -0.417.